The largest absolute Gasteiger partial charge is 0.462 e. The zero-order valence-electron chi connectivity index (χ0n) is 15.6. The van der Waals surface area contributed by atoms with Crippen LogP contribution in [0.15, 0.2) is 35.2 Å². The Hall–Kier alpha value is -1.74. The predicted octanol–water partition coefficient (Wildman–Crippen LogP) is 3.24. The molecule has 0 fully saturated rings. The summed E-state index contributed by atoms with van der Waals surface area (Å²) in [5, 5.41) is 10.1. The molecule has 148 valence electrons. The molecule has 0 saturated heterocycles. The molecule has 1 heterocycles. The normalized spacial score (nSPS) is 12.7. The maximum atomic E-state index is 12.1. The maximum absolute atomic E-state index is 12.1. The Morgan fingerprint density at radius 1 is 1.22 bits per heavy atom. The minimum atomic E-state index is -3.90. The van der Waals surface area contributed by atoms with Crippen molar-refractivity contribution in [2.75, 3.05) is 13.2 Å². The summed E-state index contributed by atoms with van der Waals surface area (Å²) >= 11 is 1.33. The third kappa shape index (κ3) is 6.14. The molecule has 0 aliphatic heterocycles. The molecule has 2 aromatic rings. The molecule has 2 rings (SSSR count). The average Bonchev–Trinajstić information content (AvgIpc) is 3.00. The van der Waals surface area contributed by atoms with Crippen molar-refractivity contribution in [1.29, 1.82) is 0 Å². The van der Waals surface area contributed by atoms with Gasteiger partial charge in [-0.15, -0.1) is 11.3 Å². The van der Waals surface area contributed by atoms with Crippen molar-refractivity contribution in [1.82, 2.24) is 0 Å². The molecule has 1 N–H and O–H groups in total. The van der Waals surface area contributed by atoms with Crippen LogP contribution < -0.4 is 0 Å². The van der Waals surface area contributed by atoms with Crippen molar-refractivity contribution in [3.63, 3.8) is 0 Å². The van der Waals surface area contributed by atoms with E-state index in [0.29, 0.717) is 24.3 Å². The quantitative estimate of drug-likeness (QED) is 0.502. The van der Waals surface area contributed by atoms with Crippen molar-refractivity contribution in [2.45, 2.75) is 44.6 Å². The number of aliphatic hydroxyl groups excluding tert-OH is 1. The number of benzene rings is 1. The van der Waals surface area contributed by atoms with Crippen LogP contribution in [0.25, 0.3) is 0 Å². The molecule has 0 aliphatic carbocycles. The highest BCUT2D eigenvalue weighted by Gasteiger charge is 2.18. The van der Waals surface area contributed by atoms with E-state index in [4.69, 9.17) is 8.92 Å². The minimum Gasteiger partial charge on any atom is -0.462 e. The molecule has 1 aromatic carbocycles. The van der Waals surface area contributed by atoms with Crippen molar-refractivity contribution >= 4 is 27.4 Å². The standard InChI is InChI=1S/C19H24O6S2/c1-4-24-19(21)18-11-14(3)17(26-18)10-7-15(20)12-25-27(22,23)16-8-5-13(2)6-9-16/h5-6,8-9,11,15,20H,4,7,10,12H2,1-3H3/t15-/m0/s1. The third-order valence-corrected chi connectivity index (χ3v) is 6.50. The third-order valence-electron chi connectivity index (χ3n) is 3.93. The maximum Gasteiger partial charge on any atom is 0.348 e. The summed E-state index contributed by atoms with van der Waals surface area (Å²) in [6.45, 7) is 5.50. The first-order valence-corrected chi connectivity index (χ1v) is 10.9. The highest BCUT2D eigenvalue weighted by Crippen LogP contribution is 2.24. The first-order valence-electron chi connectivity index (χ1n) is 8.63. The zero-order chi connectivity index (χ0) is 20.0. The fraction of sp³-hybridized carbons (Fsp3) is 0.421. The number of thiophene rings is 1. The lowest BCUT2D eigenvalue weighted by Gasteiger charge is -2.11. The molecule has 8 heteroatoms. The number of esters is 1. The molecule has 0 aliphatic rings. The van der Waals surface area contributed by atoms with Crippen LogP contribution in [0.3, 0.4) is 0 Å². The van der Waals surface area contributed by atoms with E-state index in [1.54, 1.807) is 25.1 Å². The van der Waals surface area contributed by atoms with E-state index < -0.39 is 16.2 Å². The summed E-state index contributed by atoms with van der Waals surface area (Å²) in [7, 11) is -3.90. The fourth-order valence-corrected chi connectivity index (χ4v) is 4.42. The van der Waals surface area contributed by atoms with Crippen LogP contribution in [0.4, 0.5) is 0 Å². The summed E-state index contributed by atoms with van der Waals surface area (Å²) in [6.07, 6.45) is -0.0873. The second kappa shape index (κ2) is 9.45. The van der Waals surface area contributed by atoms with Gasteiger partial charge in [-0.05, 0) is 57.4 Å². The Morgan fingerprint density at radius 3 is 2.52 bits per heavy atom. The van der Waals surface area contributed by atoms with Crippen LogP contribution in [-0.4, -0.2) is 38.8 Å². The molecule has 0 radical (unpaired) electrons. The zero-order valence-corrected chi connectivity index (χ0v) is 17.2. The Balaban J connectivity index is 1.88. The van der Waals surface area contributed by atoms with E-state index in [0.717, 1.165) is 16.0 Å². The average molecular weight is 413 g/mol. The van der Waals surface area contributed by atoms with E-state index in [1.165, 1.54) is 23.5 Å². The molecular weight excluding hydrogens is 388 g/mol. The Kier molecular flexibility index (Phi) is 7.55. The number of rotatable bonds is 9. The van der Waals surface area contributed by atoms with Gasteiger partial charge in [-0.3, -0.25) is 4.18 Å². The van der Waals surface area contributed by atoms with Gasteiger partial charge in [0.2, 0.25) is 0 Å². The van der Waals surface area contributed by atoms with E-state index in [1.807, 2.05) is 13.8 Å². The fourth-order valence-electron chi connectivity index (χ4n) is 2.39. The molecule has 0 unspecified atom stereocenters. The van der Waals surface area contributed by atoms with Gasteiger partial charge in [0, 0.05) is 4.88 Å². The van der Waals surface area contributed by atoms with Gasteiger partial charge in [0.25, 0.3) is 10.1 Å². The smallest absolute Gasteiger partial charge is 0.348 e. The number of aliphatic hydroxyl groups is 1. The Morgan fingerprint density at radius 2 is 1.89 bits per heavy atom. The summed E-state index contributed by atoms with van der Waals surface area (Å²) in [6, 6.07) is 8.09. The number of hydrogen-bond acceptors (Lipinski definition) is 7. The molecular formula is C19H24O6S2. The van der Waals surface area contributed by atoms with Gasteiger partial charge >= 0.3 is 5.97 Å². The molecule has 0 spiro atoms. The van der Waals surface area contributed by atoms with Crippen molar-refractivity contribution < 1.29 is 27.2 Å². The van der Waals surface area contributed by atoms with Crippen molar-refractivity contribution in [2.24, 2.45) is 0 Å². The van der Waals surface area contributed by atoms with Crippen LogP contribution in [0.1, 0.15) is 39.0 Å². The lowest BCUT2D eigenvalue weighted by atomic mass is 10.1. The number of ether oxygens (including phenoxy) is 1. The van der Waals surface area contributed by atoms with Crippen molar-refractivity contribution in [3.8, 4) is 0 Å². The van der Waals surface area contributed by atoms with Gasteiger partial charge in [-0.1, -0.05) is 17.7 Å². The predicted molar refractivity (Wildman–Crippen MR) is 104 cm³/mol. The lowest BCUT2D eigenvalue weighted by molar-refractivity contribution is 0.0532. The van der Waals surface area contributed by atoms with Gasteiger partial charge in [-0.2, -0.15) is 8.42 Å². The Labute approximate surface area is 163 Å². The topological polar surface area (TPSA) is 89.9 Å². The highest BCUT2D eigenvalue weighted by atomic mass is 32.2. The van der Waals surface area contributed by atoms with Gasteiger partial charge in [0.05, 0.1) is 24.2 Å². The number of carbonyl (C=O) groups excluding carboxylic acids is 1. The monoisotopic (exact) mass is 412 g/mol. The van der Waals surface area contributed by atoms with Crippen LogP contribution >= 0.6 is 11.3 Å². The molecule has 0 saturated carbocycles. The summed E-state index contributed by atoms with van der Waals surface area (Å²) < 4.78 is 34.2. The molecule has 0 amide bonds. The van der Waals surface area contributed by atoms with Gasteiger partial charge in [0.1, 0.15) is 4.88 Å². The first kappa shape index (κ1) is 21.6. The number of aryl methyl sites for hydroxylation is 3. The van der Waals surface area contributed by atoms with E-state index in [-0.39, 0.29) is 17.5 Å². The SMILES string of the molecule is CCOC(=O)c1cc(C)c(CC[C@H](O)COS(=O)(=O)c2ccc(C)cc2)s1. The van der Waals surface area contributed by atoms with E-state index in [2.05, 4.69) is 0 Å². The van der Waals surface area contributed by atoms with Gasteiger partial charge < -0.3 is 9.84 Å². The Bertz CT molecular complexity index is 868. The van der Waals surface area contributed by atoms with Crippen molar-refractivity contribution in [3.05, 3.63) is 51.2 Å². The molecule has 1 atom stereocenters. The molecule has 6 nitrogen and oxygen atoms in total. The molecule has 27 heavy (non-hydrogen) atoms. The van der Waals surface area contributed by atoms with Crippen LogP contribution in [0.5, 0.6) is 0 Å². The minimum absolute atomic E-state index is 0.0634. The summed E-state index contributed by atoms with van der Waals surface area (Å²) in [5.74, 6) is -0.357. The number of hydrogen-bond donors (Lipinski definition) is 1. The van der Waals surface area contributed by atoms with Crippen LogP contribution in [-0.2, 0) is 25.5 Å². The first-order chi connectivity index (χ1) is 12.7. The molecule has 0 bridgehead atoms. The highest BCUT2D eigenvalue weighted by molar-refractivity contribution is 7.86. The second-order valence-corrected chi connectivity index (χ2v) is 8.93. The van der Waals surface area contributed by atoms with Crippen LogP contribution in [0, 0.1) is 13.8 Å². The molecule has 1 aromatic heterocycles. The van der Waals surface area contributed by atoms with Crippen LogP contribution in [0.2, 0.25) is 0 Å². The van der Waals surface area contributed by atoms with E-state index in [9.17, 15) is 18.3 Å². The summed E-state index contributed by atoms with van der Waals surface area (Å²) in [5.41, 5.74) is 1.89. The second-order valence-electron chi connectivity index (χ2n) is 6.18. The van der Waals surface area contributed by atoms with Gasteiger partial charge in [0.15, 0.2) is 0 Å². The number of carbonyl (C=O) groups is 1. The van der Waals surface area contributed by atoms with E-state index >= 15 is 0 Å². The lowest BCUT2D eigenvalue weighted by Crippen LogP contribution is -2.19. The summed E-state index contributed by atoms with van der Waals surface area (Å²) in [4.78, 5) is 13.3. The van der Waals surface area contributed by atoms with Gasteiger partial charge in [-0.25, -0.2) is 4.79 Å².